The van der Waals surface area contributed by atoms with Gasteiger partial charge in [-0.3, -0.25) is 4.79 Å². The largest absolute Gasteiger partial charge is 0.508 e. The number of halogens is 1. The number of carbonyl (C=O) groups excluding carboxylic acids is 1. The molecule has 0 saturated carbocycles. The van der Waals surface area contributed by atoms with Crippen LogP contribution in [0.15, 0.2) is 48.5 Å². The molecule has 1 aliphatic heterocycles. The number of phenols is 1. The van der Waals surface area contributed by atoms with Gasteiger partial charge in [0.1, 0.15) is 16.4 Å². The number of amides is 1. The number of carboxylic acids is 1. The van der Waals surface area contributed by atoms with E-state index in [0.717, 1.165) is 21.8 Å². The van der Waals surface area contributed by atoms with Gasteiger partial charge in [0.15, 0.2) is 0 Å². The van der Waals surface area contributed by atoms with Gasteiger partial charge in [-0.15, -0.1) is 11.3 Å². The molecule has 0 fully saturated rings. The molecular weight excluding hydrogens is 369 g/mol. The quantitative estimate of drug-likeness (QED) is 0.624. The lowest BCUT2D eigenvalue weighted by molar-refractivity contribution is -0.116. The van der Waals surface area contributed by atoms with Crippen LogP contribution >= 0.6 is 11.3 Å². The summed E-state index contributed by atoms with van der Waals surface area (Å²) < 4.78 is 13.3. The fourth-order valence-electron chi connectivity index (χ4n) is 3.31. The van der Waals surface area contributed by atoms with E-state index in [-0.39, 0.29) is 28.9 Å². The number of anilines is 1. The van der Waals surface area contributed by atoms with E-state index in [4.69, 9.17) is 0 Å². The molecule has 0 aliphatic carbocycles. The highest BCUT2D eigenvalue weighted by Crippen LogP contribution is 2.49. The predicted octanol–water partition coefficient (Wildman–Crippen LogP) is 4.43. The Morgan fingerprint density at radius 3 is 2.41 bits per heavy atom. The van der Waals surface area contributed by atoms with Gasteiger partial charge in [-0.25, -0.2) is 9.18 Å². The van der Waals surface area contributed by atoms with Crippen molar-refractivity contribution in [1.29, 1.82) is 0 Å². The Hall–Kier alpha value is -3.19. The molecule has 136 valence electrons. The zero-order valence-corrected chi connectivity index (χ0v) is 14.7. The van der Waals surface area contributed by atoms with Crippen molar-refractivity contribution in [2.45, 2.75) is 12.3 Å². The predicted molar refractivity (Wildman–Crippen MR) is 99.9 cm³/mol. The molecule has 0 unspecified atom stereocenters. The second-order valence-corrected chi connectivity index (χ2v) is 7.31. The summed E-state index contributed by atoms with van der Waals surface area (Å²) in [6, 6.07) is 12.0. The smallest absolute Gasteiger partial charge is 0.346 e. The van der Waals surface area contributed by atoms with Crippen LogP contribution in [0.25, 0.3) is 11.1 Å². The Morgan fingerprint density at radius 1 is 1.11 bits per heavy atom. The third-order valence-electron chi connectivity index (χ3n) is 4.53. The number of aromatic carboxylic acids is 1. The zero-order chi connectivity index (χ0) is 19.1. The number of hydrogen-bond acceptors (Lipinski definition) is 4. The molecule has 2 aromatic carbocycles. The Bertz CT molecular complexity index is 1040. The number of hydrogen-bond donors (Lipinski definition) is 3. The highest BCUT2D eigenvalue weighted by molar-refractivity contribution is 7.15. The highest BCUT2D eigenvalue weighted by Gasteiger charge is 2.34. The maximum atomic E-state index is 13.3. The Morgan fingerprint density at radius 2 is 1.78 bits per heavy atom. The maximum absolute atomic E-state index is 13.3. The van der Waals surface area contributed by atoms with Crippen molar-refractivity contribution < 1.29 is 24.2 Å². The van der Waals surface area contributed by atoms with Crippen LogP contribution < -0.4 is 5.32 Å². The summed E-state index contributed by atoms with van der Waals surface area (Å²) in [5, 5.41) is 22.0. The number of benzene rings is 2. The van der Waals surface area contributed by atoms with Crippen LogP contribution in [0.5, 0.6) is 5.75 Å². The van der Waals surface area contributed by atoms with Gasteiger partial charge in [0.25, 0.3) is 0 Å². The summed E-state index contributed by atoms with van der Waals surface area (Å²) in [7, 11) is 0. The van der Waals surface area contributed by atoms with Gasteiger partial charge in [-0.1, -0.05) is 24.3 Å². The number of rotatable bonds is 3. The number of fused-ring (bicyclic) bond motifs is 1. The first-order valence-corrected chi connectivity index (χ1v) is 9.00. The molecular formula is C20H14FNO4S. The van der Waals surface area contributed by atoms with Crippen LogP contribution in [0.1, 0.15) is 32.5 Å². The van der Waals surface area contributed by atoms with Crippen LogP contribution in [0.3, 0.4) is 0 Å². The Kier molecular flexibility index (Phi) is 4.16. The number of aromatic hydroxyl groups is 1. The number of carbonyl (C=O) groups is 2. The number of thiophene rings is 1. The topological polar surface area (TPSA) is 86.6 Å². The second-order valence-electron chi connectivity index (χ2n) is 6.25. The maximum Gasteiger partial charge on any atom is 0.346 e. The minimum atomic E-state index is -1.10. The molecule has 0 spiro atoms. The van der Waals surface area contributed by atoms with E-state index in [0.29, 0.717) is 16.8 Å². The van der Waals surface area contributed by atoms with Crippen LogP contribution in [-0.4, -0.2) is 22.1 Å². The van der Waals surface area contributed by atoms with E-state index in [1.807, 2.05) is 0 Å². The average molecular weight is 383 g/mol. The minimum absolute atomic E-state index is 0.0950. The average Bonchev–Trinajstić information content (AvgIpc) is 3.02. The zero-order valence-electron chi connectivity index (χ0n) is 13.9. The van der Waals surface area contributed by atoms with Crippen molar-refractivity contribution in [3.05, 3.63) is 69.7 Å². The first kappa shape index (κ1) is 17.2. The fourth-order valence-corrected chi connectivity index (χ4v) is 4.55. The lowest BCUT2D eigenvalue weighted by Crippen LogP contribution is -2.22. The van der Waals surface area contributed by atoms with Crippen molar-refractivity contribution in [3.63, 3.8) is 0 Å². The number of nitrogens with one attached hydrogen (secondary N) is 1. The molecule has 5 nitrogen and oxygen atoms in total. The van der Waals surface area contributed by atoms with Crippen LogP contribution in [0.2, 0.25) is 0 Å². The first-order valence-electron chi connectivity index (χ1n) is 8.18. The van der Waals surface area contributed by atoms with Gasteiger partial charge < -0.3 is 15.5 Å². The molecule has 1 aromatic heterocycles. The molecule has 1 amide bonds. The SMILES string of the molecule is O=C1C[C@@H](c2ccc(O)cc2)c2sc(C(=O)O)c(-c3ccc(F)cc3)c2N1. The number of phenolic OH excluding ortho intramolecular Hbond substituents is 1. The Labute approximate surface area is 157 Å². The summed E-state index contributed by atoms with van der Waals surface area (Å²) in [6.45, 7) is 0. The van der Waals surface area contributed by atoms with Crippen molar-refractivity contribution in [3.8, 4) is 16.9 Å². The molecule has 2 heterocycles. The second kappa shape index (κ2) is 6.51. The Balaban J connectivity index is 1.92. The standard InChI is InChI=1S/C20H14FNO4S/c21-12-5-1-11(2-6-12)16-17-18(27-19(16)20(25)26)14(9-15(24)22-17)10-3-7-13(23)8-4-10/h1-8,14,23H,9H2,(H,22,24)(H,25,26)/t14-/m0/s1. The van der Waals surface area contributed by atoms with Crippen molar-refractivity contribution in [2.24, 2.45) is 0 Å². The highest BCUT2D eigenvalue weighted by atomic mass is 32.1. The van der Waals surface area contributed by atoms with Crippen LogP contribution in [-0.2, 0) is 4.79 Å². The van der Waals surface area contributed by atoms with Gasteiger partial charge in [0.05, 0.1) is 5.69 Å². The molecule has 1 atom stereocenters. The normalized spacial score (nSPS) is 15.9. The van der Waals surface area contributed by atoms with E-state index in [1.165, 1.54) is 36.4 Å². The molecule has 27 heavy (non-hydrogen) atoms. The minimum Gasteiger partial charge on any atom is -0.508 e. The van der Waals surface area contributed by atoms with Gasteiger partial charge in [-0.2, -0.15) is 0 Å². The van der Waals surface area contributed by atoms with Crippen LogP contribution in [0, 0.1) is 5.82 Å². The molecule has 0 radical (unpaired) electrons. The van der Waals surface area contributed by atoms with E-state index in [9.17, 15) is 24.2 Å². The lowest BCUT2D eigenvalue weighted by atomic mass is 9.88. The molecule has 3 aromatic rings. The van der Waals surface area contributed by atoms with E-state index in [1.54, 1.807) is 12.1 Å². The van der Waals surface area contributed by atoms with Crippen molar-refractivity contribution in [2.75, 3.05) is 5.32 Å². The summed E-state index contributed by atoms with van der Waals surface area (Å²) in [5.41, 5.74) is 2.18. The van der Waals surface area contributed by atoms with Crippen molar-refractivity contribution >= 4 is 28.9 Å². The lowest BCUT2D eigenvalue weighted by Gasteiger charge is -2.24. The third-order valence-corrected chi connectivity index (χ3v) is 5.82. The van der Waals surface area contributed by atoms with Gasteiger partial charge in [0.2, 0.25) is 5.91 Å². The fraction of sp³-hybridized carbons (Fsp3) is 0.100. The molecule has 1 aliphatic rings. The molecule has 0 bridgehead atoms. The summed E-state index contributed by atoms with van der Waals surface area (Å²) in [4.78, 5) is 25.0. The van der Waals surface area contributed by atoms with E-state index < -0.39 is 11.8 Å². The third kappa shape index (κ3) is 3.06. The summed E-state index contributed by atoms with van der Waals surface area (Å²) in [5.74, 6) is -1.95. The van der Waals surface area contributed by atoms with Gasteiger partial charge in [-0.05, 0) is 35.4 Å². The summed E-state index contributed by atoms with van der Waals surface area (Å²) in [6.07, 6.45) is 0.181. The molecule has 0 saturated heterocycles. The molecule has 4 rings (SSSR count). The summed E-state index contributed by atoms with van der Waals surface area (Å²) >= 11 is 1.11. The van der Waals surface area contributed by atoms with Gasteiger partial charge >= 0.3 is 5.97 Å². The molecule has 7 heteroatoms. The van der Waals surface area contributed by atoms with Crippen LogP contribution in [0.4, 0.5) is 10.1 Å². The van der Waals surface area contributed by atoms with Gasteiger partial charge in [0, 0.05) is 22.8 Å². The monoisotopic (exact) mass is 383 g/mol. The first-order chi connectivity index (χ1) is 12.9. The van der Waals surface area contributed by atoms with E-state index >= 15 is 0 Å². The van der Waals surface area contributed by atoms with Crippen molar-refractivity contribution in [1.82, 2.24) is 0 Å². The van der Waals surface area contributed by atoms with E-state index in [2.05, 4.69) is 5.32 Å². The molecule has 3 N–H and O–H groups in total. The number of carboxylic acid groups (broad SMARTS) is 1.